The third-order valence-electron chi connectivity index (χ3n) is 5.66. The highest BCUT2D eigenvalue weighted by Crippen LogP contribution is 2.29. The normalized spacial score (nSPS) is 18.5. The van der Waals surface area contributed by atoms with E-state index in [2.05, 4.69) is 17.6 Å². The van der Waals surface area contributed by atoms with Crippen molar-refractivity contribution in [2.75, 3.05) is 52.2 Å². The summed E-state index contributed by atoms with van der Waals surface area (Å²) in [4.78, 5) is 40.8. The number of hydrogen-bond donors (Lipinski definition) is 2. The topological polar surface area (TPSA) is 91.0 Å². The monoisotopic (exact) mass is 432 g/mol. The number of esters is 1. The highest BCUT2D eigenvalue weighted by atomic mass is 16.5. The minimum absolute atomic E-state index is 0.0824. The molecule has 172 valence electrons. The number of rotatable bonds is 9. The molecular formula is C23H36N4O4. The van der Waals surface area contributed by atoms with E-state index in [0.717, 1.165) is 19.4 Å². The van der Waals surface area contributed by atoms with Crippen molar-refractivity contribution in [3.05, 3.63) is 29.8 Å². The zero-order chi connectivity index (χ0) is 22.8. The molecule has 1 saturated heterocycles. The SMILES string of the molecule is CCOC(=O)c1cccc(NC(=O)N2CC[C@@H](CC(=O)NCCN(C)C)[C@H](CC)C2)c1. The van der Waals surface area contributed by atoms with E-state index < -0.39 is 5.97 Å². The molecule has 31 heavy (non-hydrogen) atoms. The van der Waals surface area contributed by atoms with Crippen LogP contribution in [0.15, 0.2) is 24.3 Å². The molecule has 1 fully saturated rings. The van der Waals surface area contributed by atoms with E-state index in [0.29, 0.717) is 43.9 Å². The summed E-state index contributed by atoms with van der Waals surface area (Å²) in [5, 5.41) is 5.87. The lowest BCUT2D eigenvalue weighted by molar-refractivity contribution is -0.122. The lowest BCUT2D eigenvalue weighted by atomic mass is 9.81. The van der Waals surface area contributed by atoms with Crippen LogP contribution in [0.4, 0.5) is 10.5 Å². The van der Waals surface area contributed by atoms with Crippen LogP contribution in [0.1, 0.15) is 43.5 Å². The van der Waals surface area contributed by atoms with E-state index >= 15 is 0 Å². The predicted molar refractivity (Wildman–Crippen MR) is 121 cm³/mol. The second-order valence-corrected chi connectivity index (χ2v) is 8.25. The van der Waals surface area contributed by atoms with Crippen LogP contribution in [0.5, 0.6) is 0 Å². The van der Waals surface area contributed by atoms with E-state index in [4.69, 9.17) is 4.74 Å². The Morgan fingerprint density at radius 2 is 1.97 bits per heavy atom. The molecule has 1 aromatic carbocycles. The van der Waals surface area contributed by atoms with E-state index in [1.807, 2.05) is 19.0 Å². The van der Waals surface area contributed by atoms with Gasteiger partial charge in [-0.25, -0.2) is 9.59 Å². The Balaban J connectivity index is 1.89. The van der Waals surface area contributed by atoms with Crippen LogP contribution < -0.4 is 10.6 Å². The van der Waals surface area contributed by atoms with Gasteiger partial charge in [0.15, 0.2) is 0 Å². The van der Waals surface area contributed by atoms with Crippen molar-refractivity contribution in [3.63, 3.8) is 0 Å². The third kappa shape index (κ3) is 7.86. The zero-order valence-electron chi connectivity index (χ0n) is 19.1. The molecule has 0 aromatic heterocycles. The number of hydrogen-bond acceptors (Lipinski definition) is 5. The van der Waals surface area contributed by atoms with E-state index in [1.165, 1.54) is 0 Å². The van der Waals surface area contributed by atoms with Gasteiger partial charge in [-0.2, -0.15) is 0 Å². The highest BCUT2D eigenvalue weighted by molar-refractivity contribution is 5.94. The van der Waals surface area contributed by atoms with Gasteiger partial charge in [0.25, 0.3) is 0 Å². The second-order valence-electron chi connectivity index (χ2n) is 8.25. The van der Waals surface area contributed by atoms with Gasteiger partial charge in [-0.15, -0.1) is 0 Å². The number of anilines is 1. The van der Waals surface area contributed by atoms with Crippen molar-refractivity contribution in [2.24, 2.45) is 11.8 Å². The molecule has 1 aliphatic rings. The largest absolute Gasteiger partial charge is 0.462 e. The van der Waals surface area contributed by atoms with E-state index in [9.17, 15) is 14.4 Å². The summed E-state index contributed by atoms with van der Waals surface area (Å²) >= 11 is 0. The fourth-order valence-electron chi connectivity index (χ4n) is 3.87. The van der Waals surface area contributed by atoms with Crippen molar-refractivity contribution in [1.82, 2.24) is 15.1 Å². The van der Waals surface area contributed by atoms with Crippen LogP contribution in [0, 0.1) is 11.8 Å². The first kappa shape index (κ1) is 24.7. The molecule has 8 nitrogen and oxygen atoms in total. The first-order valence-corrected chi connectivity index (χ1v) is 11.1. The minimum atomic E-state index is -0.408. The molecule has 1 aliphatic heterocycles. The van der Waals surface area contributed by atoms with Crippen LogP contribution in [0.2, 0.25) is 0 Å². The summed E-state index contributed by atoms with van der Waals surface area (Å²) in [5.41, 5.74) is 0.969. The Kier molecular flexibility index (Phi) is 9.78. The minimum Gasteiger partial charge on any atom is -0.462 e. The standard InChI is InChI=1S/C23H36N4O4/c1-5-17-16-27(12-10-18(17)15-21(28)24-11-13-26(3)4)23(30)25-20-9-7-8-19(14-20)22(29)31-6-2/h7-9,14,17-18H,5-6,10-13,15-16H2,1-4H3,(H,24,28)(H,25,30)/t17-,18+/m1/s1. The van der Waals surface area contributed by atoms with Crippen LogP contribution >= 0.6 is 0 Å². The summed E-state index contributed by atoms with van der Waals surface area (Å²) in [7, 11) is 3.96. The number of nitrogens with one attached hydrogen (secondary N) is 2. The molecule has 2 rings (SSSR count). The van der Waals surface area contributed by atoms with Gasteiger partial charge in [-0.3, -0.25) is 4.79 Å². The molecule has 1 heterocycles. The number of amides is 3. The molecule has 1 aromatic rings. The van der Waals surface area contributed by atoms with Crippen molar-refractivity contribution in [3.8, 4) is 0 Å². The highest BCUT2D eigenvalue weighted by Gasteiger charge is 2.31. The van der Waals surface area contributed by atoms with Gasteiger partial charge in [0.2, 0.25) is 5.91 Å². The Morgan fingerprint density at radius 1 is 1.19 bits per heavy atom. The van der Waals surface area contributed by atoms with Crippen LogP contribution in [0.25, 0.3) is 0 Å². The number of urea groups is 1. The average Bonchev–Trinajstić information content (AvgIpc) is 2.74. The molecule has 0 aliphatic carbocycles. The first-order chi connectivity index (χ1) is 14.8. The van der Waals surface area contributed by atoms with Crippen molar-refractivity contribution in [2.45, 2.75) is 33.1 Å². The Bertz CT molecular complexity index is 753. The van der Waals surface area contributed by atoms with Gasteiger partial charge in [0.05, 0.1) is 12.2 Å². The molecule has 0 unspecified atom stereocenters. The summed E-state index contributed by atoms with van der Waals surface area (Å²) in [6.07, 6.45) is 2.22. The quantitative estimate of drug-likeness (QED) is 0.586. The maximum atomic E-state index is 12.8. The smallest absolute Gasteiger partial charge is 0.338 e. The zero-order valence-corrected chi connectivity index (χ0v) is 19.1. The van der Waals surface area contributed by atoms with Crippen LogP contribution in [-0.2, 0) is 9.53 Å². The lowest BCUT2D eigenvalue weighted by Gasteiger charge is -2.38. The molecule has 8 heteroatoms. The number of benzene rings is 1. The molecule has 0 bridgehead atoms. The number of carbonyl (C=O) groups excluding carboxylic acids is 3. The van der Waals surface area contributed by atoms with Gasteiger partial charge in [0.1, 0.15) is 0 Å². The molecule has 2 atom stereocenters. The van der Waals surface area contributed by atoms with Crippen molar-refractivity contribution in [1.29, 1.82) is 0 Å². The van der Waals surface area contributed by atoms with E-state index in [-0.39, 0.29) is 23.8 Å². The predicted octanol–water partition coefficient (Wildman–Crippen LogP) is 2.81. The fourth-order valence-corrected chi connectivity index (χ4v) is 3.87. The Labute approximate surface area is 185 Å². The van der Waals surface area contributed by atoms with Crippen molar-refractivity contribution < 1.29 is 19.1 Å². The second kappa shape index (κ2) is 12.3. The number of carbonyl (C=O) groups is 3. The van der Waals surface area contributed by atoms with Crippen LogP contribution in [-0.4, -0.2) is 74.6 Å². The van der Waals surface area contributed by atoms with Crippen LogP contribution in [0.3, 0.4) is 0 Å². The summed E-state index contributed by atoms with van der Waals surface area (Å²) in [5.74, 6) is 0.235. The summed E-state index contributed by atoms with van der Waals surface area (Å²) in [6.45, 7) is 6.85. The fraction of sp³-hybridized carbons (Fsp3) is 0.609. The number of likely N-dealkylation sites (N-methyl/N-ethyl adjacent to an activating group) is 1. The maximum absolute atomic E-state index is 12.8. The lowest BCUT2D eigenvalue weighted by Crippen LogP contribution is -2.46. The molecule has 0 spiro atoms. The first-order valence-electron chi connectivity index (χ1n) is 11.1. The molecule has 3 amide bonds. The average molecular weight is 433 g/mol. The molecule has 0 saturated carbocycles. The third-order valence-corrected chi connectivity index (χ3v) is 5.66. The van der Waals surface area contributed by atoms with Crippen molar-refractivity contribution >= 4 is 23.6 Å². The summed E-state index contributed by atoms with van der Waals surface area (Å²) in [6, 6.07) is 6.57. The Morgan fingerprint density at radius 3 is 2.65 bits per heavy atom. The number of piperidine rings is 1. The molecule has 2 N–H and O–H groups in total. The van der Waals surface area contributed by atoms with Gasteiger partial charge in [0, 0.05) is 38.3 Å². The molecule has 0 radical (unpaired) electrons. The number of ether oxygens (including phenoxy) is 1. The van der Waals surface area contributed by atoms with Gasteiger partial charge in [-0.05, 0) is 57.5 Å². The van der Waals surface area contributed by atoms with E-state index in [1.54, 1.807) is 36.1 Å². The maximum Gasteiger partial charge on any atom is 0.338 e. The Hall–Kier alpha value is -2.61. The van der Waals surface area contributed by atoms with Gasteiger partial charge in [-0.1, -0.05) is 19.4 Å². The van der Waals surface area contributed by atoms with Gasteiger partial charge < -0.3 is 25.2 Å². The molecular weight excluding hydrogens is 396 g/mol. The summed E-state index contributed by atoms with van der Waals surface area (Å²) < 4.78 is 5.02. The number of likely N-dealkylation sites (tertiary alicyclic amines) is 1. The number of nitrogens with zero attached hydrogens (tertiary/aromatic N) is 2. The van der Waals surface area contributed by atoms with Gasteiger partial charge >= 0.3 is 12.0 Å².